The molecule has 0 bridgehead atoms. The zero-order valence-electron chi connectivity index (χ0n) is 30.5. The van der Waals surface area contributed by atoms with Crippen molar-refractivity contribution in [1.82, 2.24) is 19.1 Å². The average molecular weight is 743 g/mol. The zero-order chi connectivity index (χ0) is 37.2. The molecule has 0 saturated heterocycles. The monoisotopic (exact) mass is 742 g/mol. The van der Waals surface area contributed by atoms with Gasteiger partial charge in [-0.25, -0.2) is 9.97 Å². The van der Waals surface area contributed by atoms with Gasteiger partial charge in [0.1, 0.15) is 0 Å². The van der Waals surface area contributed by atoms with E-state index in [0.29, 0.717) is 5.95 Å². The molecule has 0 amide bonds. The van der Waals surface area contributed by atoms with E-state index in [0.717, 1.165) is 44.3 Å². The first-order valence-electron chi connectivity index (χ1n) is 19.3. The van der Waals surface area contributed by atoms with Crippen LogP contribution in [0.1, 0.15) is 0 Å². The summed E-state index contributed by atoms with van der Waals surface area (Å²) in [7, 11) is 0. The first-order valence-corrected chi connectivity index (χ1v) is 20.2. The molecule has 13 rings (SSSR count). The van der Waals surface area contributed by atoms with Gasteiger partial charge in [-0.1, -0.05) is 127 Å². The highest BCUT2D eigenvalue weighted by atomic mass is 32.1. The maximum Gasteiger partial charge on any atom is 0.235 e. The minimum atomic E-state index is 0.663. The Morgan fingerprint density at radius 3 is 1.95 bits per heavy atom. The van der Waals surface area contributed by atoms with Crippen LogP contribution in [0, 0.1) is 0 Å². The van der Waals surface area contributed by atoms with Crippen molar-refractivity contribution in [2.75, 3.05) is 0 Å². The summed E-state index contributed by atoms with van der Waals surface area (Å²) in [6, 6.07) is 65.9. The number of hydrogen-bond acceptors (Lipinski definition) is 3. The van der Waals surface area contributed by atoms with Crippen LogP contribution < -0.4 is 0 Å². The molecule has 0 fully saturated rings. The molecule has 0 radical (unpaired) electrons. The molecule has 5 heteroatoms. The Labute approximate surface area is 330 Å². The molecular formula is C52H30N4S. The van der Waals surface area contributed by atoms with Gasteiger partial charge in [-0.05, 0) is 70.8 Å². The van der Waals surface area contributed by atoms with Crippen LogP contribution in [0.15, 0.2) is 182 Å². The lowest BCUT2D eigenvalue weighted by Crippen LogP contribution is -2.03. The van der Waals surface area contributed by atoms with Crippen LogP contribution in [0.3, 0.4) is 0 Å². The number of rotatable bonds is 3. The van der Waals surface area contributed by atoms with E-state index in [2.05, 4.69) is 191 Å². The fraction of sp³-hybridized carbons (Fsp3) is 0. The minimum absolute atomic E-state index is 0.663. The predicted molar refractivity (Wildman–Crippen MR) is 242 cm³/mol. The van der Waals surface area contributed by atoms with Crippen LogP contribution in [0.4, 0.5) is 0 Å². The number of aromatic nitrogens is 4. The predicted octanol–water partition coefficient (Wildman–Crippen LogP) is 14.2. The van der Waals surface area contributed by atoms with Crippen LogP contribution in [0.2, 0.25) is 0 Å². The number of fused-ring (bicyclic) bond motifs is 13. The Morgan fingerprint density at radius 1 is 0.368 bits per heavy atom. The molecule has 57 heavy (non-hydrogen) atoms. The maximum atomic E-state index is 5.53. The van der Waals surface area contributed by atoms with Gasteiger partial charge in [0.05, 0.1) is 39.0 Å². The third kappa shape index (κ3) is 4.32. The van der Waals surface area contributed by atoms with E-state index in [1.807, 2.05) is 11.3 Å². The smallest absolute Gasteiger partial charge is 0.235 e. The number of nitrogens with zero attached hydrogens (tertiary/aromatic N) is 4. The molecule has 0 N–H and O–H groups in total. The van der Waals surface area contributed by atoms with Crippen molar-refractivity contribution in [3.63, 3.8) is 0 Å². The molecule has 0 unspecified atom stereocenters. The van der Waals surface area contributed by atoms with Crippen molar-refractivity contribution in [2.45, 2.75) is 0 Å². The number of para-hydroxylation sites is 3. The molecule has 0 atom stereocenters. The van der Waals surface area contributed by atoms with E-state index >= 15 is 0 Å². The average Bonchev–Trinajstić information content (AvgIpc) is 3.93. The highest BCUT2D eigenvalue weighted by molar-refractivity contribution is 7.25. The van der Waals surface area contributed by atoms with Gasteiger partial charge in [-0.3, -0.25) is 4.57 Å². The molecule has 13 aromatic rings. The summed E-state index contributed by atoms with van der Waals surface area (Å²) in [4.78, 5) is 10.9. The van der Waals surface area contributed by atoms with Crippen molar-refractivity contribution in [2.24, 2.45) is 0 Å². The fourth-order valence-electron chi connectivity index (χ4n) is 9.47. The van der Waals surface area contributed by atoms with E-state index in [1.54, 1.807) is 0 Å². The van der Waals surface area contributed by atoms with Crippen molar-refractivity contribution >= 4 is 108 Å². The Balaban J connectivity index is 1.10. The Hall–Kier alpha value is -7.34. The lowest BCUT2D eigenvalue weighted by Gasteiger charge is -2.14. The third-order valence-electron chi connectivity index (χ3n) is 11.9. The van der Waals surface area contributed by atoms with Gasteiger partial charge in [-0.2, -0.15) is 0 Å². The molecule has 9 aromatic carbocycles. The second-order valence-corrected chi connectivity index (χ2v) is 16.0. The van der Waals surface area contributed by atoms with Crippen LogP contribution in [-0.4, -0.2) is 19.1 Å². The maximum absolute atomic E-state index is 5.53. The zero-order valence-corrected chi connectivity index (χ0v) is 31.3. The fourth-order valence-corrected chi connectivity index (χ4v) is 10.6. The van der Waals surface area contributed by atoms with Crippen molar-refractivity contribution in [3.8, 4) is 22.9 Å². The van der Waals surface area contributed by atoms with E-state index in [9.17, 15) is 0 Å². The van der Waals surface area contributed by atoms with E-state index in [4.69, 9.17) is 9.97 Å². The second-order valence-electron chi connectivity index (χ2n) is 14.9. The van der Waals surface area contributed by atoms with Gasteiger partial charge in [0.15, 0.2) is 0 Å². The highest BCUT2D eigenvalue weighted by Crippen LogP contribution is 2.43. The molecule has 0 saturated carbocycles. The van der Waals surface area contributed by atoms with Gasteiger partial charge >= 0.3 is 0 Å². The molecule has 4 heterocycles. The molecule has 4 aromatic heterocycles. The number of thiophene rings is 1. The van der Waals surface area contributed by atoms with E-state index < -0.39 is 0 Å². The summed E-state index contributed by atoms with van der Waals surface area (Å²) in [5.41, 5.74) is 8.70. The SMILES string of the molecule is c1cc(-n2c3ccccc3c3c4ccccc4ccc32)c2cc3c4ccccc4n(-c4nc(-c5cccc6sc7ccccc7c56)c5ccccc5n4)c3cc2c1. The van der Waals surface area contributed by atoms with Crippen molar-refractivity contribution in [1.29, 1.82) is 0 Å². The van der Waals surface area contributed by atoms with Crippen LogP contribution in [0.25, 0.3) is 119 Å². The molecule has 0 aliphatic rings. The Kier molecular flexibility index (Phi) is 6.29. The summed E-state index contributed by atoms with van der Waals surface area (Å²) in [6.07, 6.45) is 0. The summed E-state index contributed by atoms with van der Waals surface area (Å²) >= 11 is 1.83. The molecule has 0 aliphatic heterocycles. The van der Waals surface area contributed by atoms with Gasteiger partial charge in [0.25, 0.3) is 0 Å². The van der Waals surface area contributed by atoms with Crippen molar-refractivity contribution < 1.29 is 0 Å². The van der Waals surface area contributed by atoms with Crippen molar-refractivity contribution in [3.05, 3.63) is 182 Å². The Morgan fingerprint density at radius 2 is 1.05 bits per heavy atom. The van der Waals surface area contributed by atoms with Gasteiger partial charge in [0.2, 0.25) is 5.95 Å². The summed E-state index contributed by atoms with van der Waals surface area (Å²) < 4.78 is 7.26. The van der Waals surface area contributed by atoms with Crippen LogP contribution in [0.5, 0.6) is 0 Å². The molecular weight excluding hydrogens is 713 g/mol. The topological polar surface area (TPSA) is 35.6 Å². The van der Waals surface area contributed by atoms with Crippen LogP contribution >= 0.6 is 11.3 Å². The van der Waals surface area contributed by atoms with Gasteiger partial charge in [0, 0.05) is 58.1 Å². The molecule has 4 nitrogen and oxygen atoms in total. The Bertz CT molecular complexity index is 3830. The summed E-state index contributed by atoms with van der Waals surface area (Å²) in [5, 5.41) is 13.3. The number of hydrogen-bond donors (Lipinski definition) is 0. The molecule has 0 spiro atoms. The second kappa shape index (κ2) is 11.6. The minimum Gasteiger partial charge on any atom is -0.309 e. The first kappa shape index (κ1) is 30.9. The normalized spacial score (nSPS) is 12.2. The quantitative estimate of drug-likeness (QED) is 0.181. The van der Waals surface area contributed by atoms with Gasteiger partial charge < -0.3 is 4.57 Å². The van der Waals surface area contributed by atoms with Crippen LogP contribution in [-0.2, 0) is 0 Å². The first-order chi connectivity index (χ1) is 28.3. The van der Waals surface area contributed by atoms with E-state index in [-0.39, 0.29) is 0 Å². The van der Waals surface area contributed by atoms with Gasteiger partial charge in [-0.15, -0.1) is 11.3 Å². The largest absolute Gasteiger partial charge is 0.309 e. The standard InChI is InChI=1S/C52H30N4S/c1-2-15-33-31(13-1)27-28-45-49(33)36-18-5-9-23-43(36)55(45)44-24-11-14-32-29-46-40(30-39(32)44)34-16-4-8-22-42(34)56(46)52-53-41-21-7-3-17-35(41)51(54-52)38-20-12-26-48-50(38)37-19-6-10-25-47(37)57-48/h1-30H. The molecule has 264 valence electrons. The lowest BCUT2D eigenvalue weighted by atomic mass is 10.0. The molecule has 0 aliphatic carbocycles. The summed E-state index contributed by atoms with van der Waals surface area (Å²) in [6.45, 7) is 0. The number of benzene rings is 9. The highest BCUT2D eigenvalue weighted by Gasteiger charge is 2.22. The summed E-state index contributed by atoms with van der Waals surface area (Å²) in [5.74, 6) is 0.663. The third-order valence-corrected chi connectivity index (χ3v) is 13.0. The van der Waals surface area contributed by atoms with E-state index in [1.165, 1.54) is 68.9 Å². The lowest BCUT2D eigenvalue weighted by molar-refractivity contribution is 1.01.